The van der Waals surface area contributed by atoms with Gasteiger partial charge in [0.05, 0.1) is 11.0 Å². The molecule has 0 aliphatic carbocycles. The maximum absolute atomic E-state index is 11.7. The van der Waals surface area contributed by atoms with Crippen molar-refractivity contribution in [2.24, 2.45) is 0 Å². The molecule has 0 bridgehead atoms. The number of nitrogens with two attached hydrogens (primary N) is 1. The van der Waals surface area contributed by atoms with Crippen LogP contribution in [0.1, 0.15) is 0 Å². The molecule has 2 aromatic rings. The molecule has 0 fully saturated rings. The van der Waals surface area contributed by atoms with Gasteiger partial charge in [-0.1, -0.05) is 0 Å². The number of pyridine rings is 1. The normalized spacial score (nSPS) is 10.6. The molecule has 0 unspecified atom stereocenters. The molecular weight excluding hydrogens is 272 g/mol. The van der Waals surface area contributed by atoms with Crippen LogP contribution >= 0.6 is 15.9 Å². The third-order valence-corrected chi connectivity index (χ3v) is 2.76. The number of rotatable bonds is 3. The highest BCUT2D eigenvalue weighted by molar-refractivity contribution is 9.10. The highest BCUT2D eigenvalue weighted by Crippen LogP contribution is 2.08. The molecule has 0 saturated carbocycles. The number of anilines is 1. The largest absolute Gasteiger partial charge is 0.398 e. The fourth-order valence-electron chi connectivity index (χ4n) is 1.43. The highest BCUT2D eigenvalue weighted by atomic mass is 79.9. The van der Waals surface area contributed by atoms with E-state index in [0.29, 0.717) is 23.2 Å². The van der Waals surface area contributed by atoms with Gasteiger partial charge in [0.2, 0.25) is 0 Å². The maximum Gasteiger partial charge on any atom is 0.265 e. The van der Waals surface area contributed by atoms with Crippen molar-refractivity contribution in [3.05, 3.63) is 45.5 Å². The van der Waals surface area contributed by atoms with E-state index in [2.05, 4.69) is 21.0 Å². The first-order valence-corrected chi connectivity index (χ1v) is 5.59. The molecule has 2 aromatic heterocycles. The van der Waals surface area contributed by atoms with E-state index in [1.54, 1.807) is 27.7 Å². The Morgan fingerprint density at radius 1 is 1.44 bits per heavy atom. The van der Waals surface area contributed by atoms with Crippen molar-refractivity contribution < 1.29 is 0 Å². The Hall–Kier alpha value is -1.56. The Kier molecular flexibility index (Phi) is 3.09. The number of hydrogen-bond donors (Lipinski definition) is 1. The van der Waals surface area contributed by atoms with Gasteiger partial charge in [-0.3, -0.25) is 9.48 Å². The van der Waals surface area contributed by atoms with Gasteiger partial charge in [0.25, 0.3) is 5.56 Å². The summed E-state index contributed by atoms with van der Waals surface area (Å²) in [6.45, 7) is 1.19. The van der Waals surface area contributed by atoms with Crippen LogP contribution in [-0.4, -0.2) is 14.3 Å². The van der Waals surface area contributed by atoms with E-state index in [-0.39, 0.29) is 5.56 Å². The fourth-order valence-corrected chi connectivity index (χ4v) is 1.92. The highest BCUT2D eigenvalue weighted by Gasteiger charge is 2.02. The van der Waals surface area contributed by atoms with E-state index in [9.17, 15) is 4.79 Å². The summed E-state index contributed by atoms with van der Waals surface area (Å²) in [4.78, 5) is 11.7. The average Bonchev–Trinajstić information content (AvgIpc) is 2.74. The van der Waals surface area contributed by atoms with Gasteiger partial charge in [-0.05, 0) is 28.1 Å². The molecule has 0 aromatic carbocycles. The molecule has 0 atom stereocenters. The van der Waals surface area contributed by atoms with E-state index in [4.69, 9.17) is 5.73 Å². The smallest absolute Gasteiger partial charge is 0.265 e. The topological polar surface area (TPSA) is 65.8 Å². The Morgan fingerprint density at radius 3 is 2.94 bits per heavy atom. The van der Waals surface area contributed by atoms with Crippen molar-refractivity contribution in [2.45, 2.75) is 13.1 Å². The van der Waals surface area contributed by atoms with Crippen molar-refractivity contribution in [1.82, 2.24) is 14.3 Å². The predicted octanol–water partition coefficient (Wildman–Crippen LogP) is 1.09. The monoisotopic (exact) mass is 282 g/mol. The van der Waals surface area contributed by atoms with Crippen molar-refractivity contribution in [3.63, 3.8) is 0 Å². The summed E-state index contributed by atoms with van der Waals surface area (Å²) in [7, 11) is 0. The number of nitrogen functional groups attached to an aromatic ring is 1. The van der Waals surface area contributed by atoms with E-state index in [1.165, 1.54) is 0 Å². The van der Waals surface area contributed by atoms with Crippen LogP contribution in [0.15, 0.2) is 40.0 Å². The number of aromatic nitrogens is 3. The molecule has 2 rings (SSSR count). The minimum absolute atomic E-state index is 0.0821. The summed E-state index contributed by atoms with van der Waals surface area (Å²) < 4.78 is 3.82. The standard InChI is InChI=1S/C10H11BrN4O/c11-9-6-8(12)7-14(10(9)16)4-5-15-3-1-2-13-15/h1-3,6-7H,4-5,12H2. The first-order valence-electron chi connectivity index (χ1n) is 4.80. The Balaban J connectivity index is 2.18. The maximum atomic E-state index is 11.7. The quantitative estimate of drug-likeness (QED) is 0.917. The SMILES string of the molecule is Nc1cc(Br)c(=O)n(CCn2cccn2)c1. The molecule has 0 aliphatic heterocycles. The van der Waals surface area contributed by atoms with Crippen molar-refractivity contribution in [1.29, 1.82) is 0 Å². The number of aryl methyl sites for hydroxylation is 2. The second-order valence-electron chi connectivity index (χ2n) is 3.39. The molecule has 2 heterocycles. The van der Waals surface area contributed by atoms with Crippen LogP contribution in [0.3, 0.4) is 0 Å². The molecule has 16 heavy (non-hydrogen) atoms. The van der Waals surface area contributed by atoms with E-state index in [1.807, 2.05) is 12.3 Å². The van der Waals surface area contributed by atoms with Crippen LogP contribution in [0.25, 0.3) is 0 Å². The second kappa shape index (κ2) is 4.52. The molecule has 0 saturated heterocycles. The first kappa shape index (κ1) is 10.9. The lowest BCUT2D eigenvalue weighted by Gasteiger charge is -2.07. The summed E-state index contributed by atoms with van der Waals surface area (Å²) >= 11 is 3.18. The van der Waals surface area contributed by atoms with Crippen LogP contribution in [0.2, 0.25) is 0 Å². The summed E-state index contributed by atoms with van der Waals surface area (Å²) in [5, 5.41) is 4.06. The van der Waals surface area contributed by atoms with Crippen molar-refractivity contribution >= 4 is 21.6 Å². The van der Waals surface area contributed by atoms with Gasteiger partial charge in [-0.15, -0.1) is 0 Å². The molecule has 0 spiro atoms. The van der Waals surface area contributed by atoms with E-state index < -0.39 is 0 Å². The Labute approximate surface area is 101 Å². The minimum Gasteiger partial charge on any atom is -0.398 e. The lowest BCUT2D eigenvalue weighted by Crippen LogP contribution is -2.23. The van der Waals surface area contributed by atoms with Gasteiger partial charge in [-0.2, -0.15) is 5.10 Å². The number of halogens is 1. The van der Waals surface area contributed by atoms with Crippen LogP contribution in [0.5, 0.6) is 0 Å². The second-order valence-corrected chi connectivity index (χ2v) is 4.24. The summed E-state index contributed by atoms with van der Waals surface area (Å²) in [5.41, 5.74) is 6.15. The summed E-state index contributed by atoms with van der Waals surface area (Å²) in [6, 6.07) is 3.45. The van der Waals surface area contributed by atoms with E-state index in [0.717, 1.165) is 0 Å². The molecule has 2 N–H and O–H groups in total. The summed E-state index contributed by atoms with van der Waals surface area (Å²) in [6.07, 6.45) is 5.20. The van der Waals surface area contributed by atoms with Crippen molar-refractivity contribution in [3.8, 4) is 0 Å². The predicted molar refractivity (Wildman–Crippen MR) is 65.0 cm³/mol. The van der Waals surface area contributed by atoms with Gasteiger partial charge in [0.1, 0.15) is 0 Å². The molecule has 84 valence electrons. The Bertz CT molecular complexity index is 532. The average molecular weight is 283 g/mol. The molecular formula is C10H11BrN4O. The zero-order valence-corrected chi connectivity index (χ0v) is 10.1. The molecule has 6 heteroatoms. The van der Waals surface area contributed by atoms with Crippen molar-refractivity contribution in [2.75, 3.05) is 5.73 Å². The number of nitrogens with zero attached hydrogens (tertiary/aromatic N) is 3. The van der Waals surface area contributed by atoms with Gasteiger partial charge < -0.3 is 10.3 Å². The lowest BCUT2D eigenvalue weighted by molar-refractivity contribution is 0.523. The molecule has 5 nitrogen and oxygen atoms in total. The Morgan fingerprint density at radius 2 is 2.25 bits per heavy atom. The van der Waals surface area contributed by atoms with E-state index >= 15 is 0 Å². The third-order valence-electron chi connectivity index (χ3n) is 2.19. The fraction of sp³-hybridized carbons (Fsp3) is 0.200. The summed E-state index contributed by atoms with van der Waals surface area (Å²) in [5.74, 6) is 0. The van der Waals surface area contributed by atoms with Gasteiger partial charge >= 0.3 is 0 Å². The van der Waals surface area contributed by atoms with Gasteiger partial charge in [0.15, 0.2) is 0 Å². The number of hydrogen-bond acceptors (Lipinski definition) is 3. The van der Waals surface area contributed by atoms with Gasteiger partial charge in [0, 0.05) is 30.8 Å². The van der Waals surface area contributed by atoms with Crippen LogP contribution in [0, 0.1) is 0 Å². The minimum atomic E-state index is -0.0821. The molecule has 0 aliphatic rings. The van der Waals surface area contributed by atoms with Crippen LogP contribution in [0.4, 0.5) is 5.69 Å². The zero-order chi connectivity index (χ0) is 11.5. The molecule has 0 radical (unpaired) electrons. The zero-order valence-electron chi connectivity index (χ0n) is 8.51. The lowest BCUT2D eigenvalue weighted by atomic mass is 10.4. The van der Waals surface area contributed by atoms with Crippen LogP contribution < -0.4 is 11.3 Å². The van der Waals surface area contributed by atoms with Crippen LogP contribution in [-0.2, 0) is 13.1 Å². The first-order chi connectivity index (χ1) is 7.66. The third kappa shape index (κ3) is 2.33. The van der Waals surface area contributed by atoms with Gasteiger partial charge in [-0.25, -0.2) is 0 Å². The molecule has 0 amide bonds.